The van der Waals surface area contributed by atoms with E-state index in [1.165, 1.54) is 0 Å². The van der Waals surface area contributed by atoms with Crippen molar-refractivity contribution in [3.8, 4) is 6.19 Å². The monoisotopic (exact) mass is 314 g/mol. The highest BCUT2D eigenvalue weighted by Crippen LogP contribution is 2.23. The molecule has 0 aliphatic carbocycles. The van der Waals surface area contributed by atoms with E-state index in [9.17, 15) is 4.79 Å². The Balaban J connectivity index is 1.62. The minimum Gasteiger partial charge on any atom is -0.370 e. The van der Waals surface area contributed by atoms with Crippen LogP contribution in [-0.4, -0.2) is 66.6 Å². The molecule has 122 valence electrons. The average Bonchev–Trinajstić information content (AvgIpc) is 3.10. The van der Waals surface area contributed by atoms with Gasteiger partial charge in [-0.1, -0.05) is 30.3 Å². The first-order valence-electron chi connectivity index (χ1n) is 8.02. The van der Waals surface area contributed by atoms with Crippen LogP contribution in [0.15, 0.2) is 30.3 Å². The number of carbonyl (C=O) groups excluding carboxylic acids is 1. The first kappa shape index (κ1) is 15.6. The predicted molar refractivity (Wildman–Crippen MR) is 85.5 cm³/mol. The number of nitriles is 1. The number of likely N-dealkylation sites (tertiary alicyclic amines) is 1. The fourth-order valence-corrected chi connectivity index (χ4v) is 3.22. The molecular formula is C17H22N4O2. The number of likely N-dealkylation sites (N-methyl/N-ethyl adjacent to an activating group) is 1. The number of hydrogen-bond acceptors (Lipinski definition) is 4. The van der Waals surface area contributed by atoms with Gasteiger partial charge in [-0.3, -0.25) is 0 Å². The molecular weight excluding hydrogens is 292 g/mol. The number of amides is 2. The summed E-state index contributed by atoms with van der Waals surface area (Å²) in [5, 5.41) is 8.96. The zero-order valence-electron chi connectivity index (χ0n) is 13.4. The van der Waals surface area contributed by atoms with Gasteiger partial charge in [-0.2, -0.15) is 5.26 Å². The maximum atomic E-state index is 12.8. The molecule has 3 rings (SSSR count). The molecule has 0 bridgehead atoms. The van der Waals surface area contributed by atoms with Crippen LogP contribution >= 0.6 is 0 Å². The van der Waals surface area contributed by atoms with Crippen LogP contribution in [0.3, 0.4) is 0 Å². The van der Waals surface area contributed by atoms with E-state index in [1.54, 1.807) is 9.80 Å². The fraction of sp³-hybridized carbons (Fsp3) is 0.529. The Kier molecular flexibility index (Phi) is 4.68. The SMILES string of the molecule is CN(C(=O)N1CCOC(c2ccccc2)C1)[C@@H]1CCN(C#N)C1. The van der Waals surface area contributed by atoms with Crippen LogP contribution in [0.25, 0.3) is 0 Å². The molecule has 1 unspecified atom stereocenters. The molecule has 2 atom stereocenters. The third-order valence-corrected chi connectivity index (χ3v) is 4.66. The lowest BCUT2D eigenvalue weighted by molar-refractivity contribution is -0.0209. The van der Waals surface area contributed by atoms with Gasteiger partial charge in [0.2, 0.25) is 0 Å². The van der Waals surface area contributed by atoms with Crippen molar-refractivity contribution in [1.29, 1.82) is 5.26 Å². The molecule has 2 aliphatic heterocycles. The topological polar surface area (TPSA) is 59.8 Å². The van der Waals surface area contributed by atoms with Crippen LogP contribution in [0, 0.1) is 11.5 Å². The maximum absolute atomic E-state index is 12.8. The van der Waals surface area contributed by atoms with Gasteiger partial charge in [-0.25, -0.2) is 4.79 Å². The van der Waals surface area contributed by atoms with E-state index in [0.717, 1.165) is 18.5 Å². The number of nitrogens with zero attached hydrogens (tertiary/aromatic N) is 4. The summed E-state index contributed by atoms with van der Waals surface area (Å²) in [6.45, 7) is 3.09. The van der Waals surface area contributed by atoms with Crippen LogP contribution in [0.5, 0.6) is 0 Å². The Morgan fingerprint density at radius 3 is 2.78 bits per heavy atom. The molecule has 0 aromatic heterocycles. The van der Waals surface area contributed by atoms with Gasteiger partial charge in [0.25, 0.3) is 0 Å². The van der Waals surface area contributed by atoms with Crippen molar-refractivity contribution < 1.29 is 9.53 Å². The van der Waals surface area contributed by atoms with Crippen LogP contribution in [0.4, 0.5) is 4.79 Å². The summed E-state index contributed by atoms with van der Waals surface area (Å²) in [6, 6.07) is 10.2. The second-order valence-electron chi connectivity index (χ2n) is 6.10. The third kappa shape index (κ3) is 3.40. The molecule has 0 spiro atoms. The van der Waals surface area contributed by atoms with E-state index in [4.69, 9.17) is 10.00 Å². The number of ether oxygens (including phenoxy) is 1. The summed E-state index contributed by atoms with van der Waals surface area (Å²) >= 11 is 0. The zero-order valence-corrected chi connectivity index (χ0v) is 13.4. The summed E-state index contributed by atoms with van der Waals surface area (Å²) < 4.78 is 5.82. The summed E-state index contributed by atoms with van der Waals surface area (Å²) in [6.07, 6.45) is 2.94. The fourth-order valence-electron chi connectivity index (χ4n) is 3.22. The molecule has 0 saturated carbocycles. The van der Waals surface area contributed by atoms with Gasteiger partial charge in [0.15, 0.2) is 6.19 Å². The third-order valence-electron chi connectivity index (χ3n) is 4.66. The molecule has 2 heterocycles. The van der Waals surface area contributed by atoms with Gasteiger partial charge in [0.1, 0.15) is 6.10 Å². The Labute approximate surface area is 136 Å². The lowest BCUT2D eigenvalue weighted by Gasteiger charge is -2.37. The first-order valence-corrected chi connectivity index (χ1v) is 8.02. The number of morpholine rings is 1. The predicted octanol–water partition coefficient (Wildman–Crippen LogP) is 1.67. The highest BCUT2D eigenvalue weighted by molar-refractivity contribution is 5.74. The van der Waals surface area contributed by atoms with Gasteiger partial charge in [0.05, 0.1) is 19.2 Å². The highest BCUT2D eigenvalue weighted by atomic mass is 16.5. The van der Waals surface area contributed by atoms with E-state index in [0.29, 0.717) is 26.2 Å². The van der Waals surface area contributed by atoms with Crippen molar-refractivity contribution in [2.45, 2.75) is 18.6 Å². The quantitative estimate of drug-likeness (QED) is 0.779. The number of benzene rings is 1. The van der Waals surface area contributed by atoms with Crippen LogP contribution in [-0.2, 0) is 4.74 Å². The molecule has 23 heavy (non-hydrogen) atoms. The van der Waals surface area contributed by atoms with Gasteiger partial charge >= 0.3 is 6.03 Å². The van der Waals surface area contributed by atoms with E-state index < -0.39 is 0 Å². The number of carbonyl (C=O) groups is 1. The average molecular weight is 314 g/mol. The van der Waals surface area contributed by atoms with Crippen LogP contribution in [0.1, 0.15) is 18.1 Å². The molecule has 1 aromatic rings. The Hall–Kier alpha value is -2.26. The van der Waals surface area contributed by atoms with E-state index >= 15 is 0 Å². The van der Waals surface area contributed by atoms with Crippen molar-refractivity contribution in [1.82, 2.24) is 14.7 Å². The van der Waals surface area contributed by atoms with Gasteiger partial charge in [-0.15, -0.1) is 0 Å². The lowest BCUT2D eigenvalue weighted by atomic mass is 10.1. The van der Waals surface area contributed by atoms with E-state index in [-0.39, 0.29) is 18.2 Å². The molecule has 2 fully saturated rings. The summed E-state index contributed by atoms with van der Waals surface area (Å²) in [7, 11) is 1.83. The van der Waals surface area contributed by atoms with Crippen molar-refractivity contribution in [3.63, 3.8) is 0 Å². The van der Waals surface area contributed by atoms with E-state index in [1.807, 2.05) is 42.3 Å². The molecule has 1 aromatic carbocycles. The van der Waals surface area contributed by atoms with Crippen LogP contribution in [0.2, 0.25) is 0 Å². The largest absolute Gasteiger partial charge is 0.370 e. The number of rotatable bonds is 2. The highest BCUT2D eigenvalue weighted by Gasteiger charge is 2.32. The number of hydrogen-bond donors (Lipinski definition) is 0. The van der Waals surface area contributed by atoms with Gasteiger partial charge in [0, 0.05) is 26.7 Å². The maximum Gasteiger partial charge on any atom is 0.320 e. The van der Waals surface area contributed by atoms with Crippen molar-refractivity contribution >= 4 is 6.03 Å². The first-order chi connectivity index (χ1) is 11.2. The summed E-state index contributed by atoms with van der Waals surface area (Å²) in [5.41, 5.74) is 1.10. The second-order valence-corrected chi connectivity index (χ2v) is 6.10. The minimum absolute atomic E-state index is 0.0269. The zero-order chi connectivity index (χ0) is 16.2. The molecule has 2 amide bonds. The normalized spacial score (nSPS) is 24.3. The molecule has 6 nitrogen and oxygen atoms in total. The van der Waals surface area contributed by atoms with Gasteiger partial charge in [-0.05, 0) is 12.0 Å². The molecule has 0 radical (unpaired) electrons. The molecule has 0 N–H and O–H groups in total. The lowest BCUT2D eigenvalue weighted by Crippen LogP contribution is -2.51. The van der Waals surface area contributed by atoms with Crippen molar-refractivity contribution in [3.05, 3.63) is 35.9 Å². The molecule has 6 heteroatoms. The smallest absolute Gasteiger partial charge is 0.320 e. The summed E-state index contributed by atoms with van der Waals surface area (Å²) in [4.78, 5) is 18.1. The molecule has 2 aliphatic rings. The second kappa shape index (κ2) is 6.88. The Morgan fingerprint density at radius 1 is 1.30 bits per heavy atom. The van der Waals surface area contributed by atoms with Gasteiger partial charge < -0.3 is 19.4 Å². The summed E-state index contributed by atoms with van der Waals surface area (Å²) in [5.74, 6) is 0. The number of urea groups is 1. The minimum atomic E-state index is -0.0681. The van der Waals surface area contributed by atoms with Crippen molar-refractivity contribution in [2.75, 3.05) is 39.8 Å². The Morgan fingerprint density at radius 2 is 2.09 bits per heavy atom. The Bertz CT molecular complexity index is 586. The van der Waals surface area contributed by atoms with Crippen LogP contribution < -0.4 is 0 Å². The standard InChI is InChI=1S/C17H22N4O2/c1-19(15-7-8-20(11-15)13-18)17(22)21-9-10-23-16(12-21)14-5-3-2-4-6-14/h2-6,15-16H,7-12H2,1H3/t15-,16?/m1/s1. The van der Waals surface area contributed by atoms with Crippen molar-refractivity contribution in [2.24, 2.45) is 0 Å². The molecule has 2 saturated heterocycles. The van der Waals surface area contributed by atoms with E-state index in [2.05, 4.69) is 6.19 Å².